The van der Waals surface area contributed by atoms with E-state index >= 15 is 0 Å². The Kier molecular flexibility index (Phi) is 3.18. The van der Waals surface area contributed by atoms with E-state index in [0.717, 1.165) is 6.26 Å². The first-order valence-corrected chi connectivity index (χ1v) is 6.62. The summed E-state index contributed by atoms with van der Waals surface area (Å²) in [6.07, 6.45) is 2.63. The minimum atomic E-state index is -3.42. The third-order valence-electron chi connectivity index (χ3n) is 2.59. The Hall–Kier alpha value is -1.24. The van der Waals surface area contributed by atoms with E-state index in [9.17, 15) is 13.2 Å². The highest BCUT2D eigenvalue weighted by Gasteiger charge is 2.38. The first kappa shape index (κ1) is 12.8. The highest BCUT2D eigenvalue weighted by Crippen LogP contribution is 2.18. The molecule has 0 amide bonds. The highest BCUT2D eigenvalue weighted by atomic mass is 32.2. The number of hydrogen-bond acceptors (Lipinski definition) is 5. The number of carbonyl (C=O) groups is 1. The second-order valence-corrected chi connectivity index (χ2v) is 6.83. The topological polar surface area (TPSA) is 81.9 Å². The number of rotatable bonds is 4. The average Bonchev–Trinajstić information content (AvgIpc) is 2.49. The molecule has 0 atom stereocenters. The highest BCUT2D eigenvalue weighted by molar-refractivity contribution is 7.92. The van der Waals surface area contributed by atoms with Gasteiger partial charge in [0.1, 0.15) is 4.75 Å². The Bertz CT molecular complexity index is 502. The van der Waals surface area contributed by atoms with Gasteiger partial charge in [-0.25, -0.2) is 8.42 Å². The molecule has 1 heterocycles. The molecule has 16 heavy (non-hydrogen) atoms. The molecule has 0 aromatic carbocycles. The van der Waals surface area contributed by atoms with Crippen LogP contribution in [0, 0.1) is 0 Å². The van der Waals surface area contributed by atoms with Gasteiger partial charge in [0, 0.05) is 19.5 Å². The summed E-state index contributed by atoms with van der Waals surface area (Å²) >= 11 is 0. The molecule has 0 aliphatic rings. The van der Waals surface area contributed by atoms with Crippen molar-refractivity contribution in [3.63, 3.8) is 0 Å². The number of aromatic nitrogens is 3. The molecule has 0 saturated heterocycles. The van der Waals surface area contributed by atoms with Gasteiger partial charge in [0.05, 0.1) is 12.1 Å². The molecule has 0 N–H and O–H groups in total. The van der Waals surface area contributed by atoms with E-state index in [-0.39, 0.29) is 12.2 Å². The Morgan fingerprint density at radius 1 is 1.50 bits per heavy atom. The van der Waals surface area contributed by atoms with Gasteiger partial charge in [-0.3, -0.25) is 9.48 Å². The number of nitrogens with zero attached hydrogens (tertiary/aromatic N) is 3. The average molecular weight is 245 g/mol. The zero-order valence-corrected chi connectivity index (χ0v) is 10.6. The van der Waals surface area contributed by atoms with E-state index in [0.29, 0.717) is 5.69 Å². The van der Waals surface area contributed by atoms with Crippen LogP contribution in [0.1, 0.15) is 19.5 Å². The van der Waals surface area contributed by atoms with Crippen LogP contribution in [0.25, 0.3) is 0 Å². The number of aryl methyl sites for hydroxylation is 1. The summed E-state index contributed by atoms with van der Waals surface area (Å²) in [5, 5.41) is 7.43. The van der Waals surface area contributed by atoms with Gasteiger partial charge < -0.3 is 0 Å². The maximum Gasteiger partial charge on any atom is 0.159 e. The normalized spacial score (nSPS) is 12.8. The third-order valence-corrected chi connectivity index (χ3v) is 4.67. The van der Waals surface area contributed by atoms with E-state index < -0.39 is 14.6 Å². The molecule has 90 valence electrons. The first-order valence-electron chi connectivity index (χ1n) is 4.72. The lowest BCUT2D eigenvalue weighted by Gasteiger charge is -2.19. The molecule has 0 aliphatic carbocycles. The van der Waals surface area contributed by atoms with E-state index in [1.54, 1.807) is 13.2 Å². The molecule has 0 saturated carbocycles. The van der Waals surface area contributed by atoms with Crippen molar-refractivity contribution in [3.8, 4) is 0 Å². The molecular weight excluding hydrogens is 230 g/mol. The van der Waals surface area contributed by atoms with Crippen LogP contribution in [0.3, 0.4) is 0 Å². The molecule has 0 bridgehead atoms. The van der Waals surface area contributed by atoms with Gasteiger partial charge in [-0.15, -0.1) is 5.10 Å². The van der Waals surface area contributed by atoms with Crippen molar-refractivity contribution in [1.29, 1.82) is 0 Å². The van der Waals surface area contributed by atoms with Crippen LogP contribution in [0.5, 0.6) is 0 Å². The summed E-state index contributed by atoms with van der Waals surface area (Å²) in [7, 11) is -1.74. The summed E-state index contributed by atoms with van der Waals surface area (Å²) in [4.78, 5) is 11.8. The predicted octanol–water partition coefficient (Wildman–Crippen LogP) is -0.250. The number of Topliss-reactive ketones (excluding diaryl/α,β-unsaturated/α-hetero) is 1. The lowest BCUT2D eigenvalue weighted by molar-refractivity contribution is -0.120. The fourth-order valence-electron chi connectivity index (χ4n) is 1.06. The lowest BCUT2D eigenvalue weighted by Crippen LogP contribution is -2.41. The molecule has 1 rings (SSSR count). The van der Waals surface area contributed by atoms with E-state index in [2.05, 4.69) is 10.3 Å². The van der Waals surface area contributed by atoms with Crippen LogP contribution < -0.4 is 0 Å². The molecular formula is C9H15N3O3S. The molecule has 0 spiro atoms. The number of hydrogen-bond donors (Lipinski definition) is 0. The Labute approximate surface area is 94.6 Å². The molecule has 1 aromatic heterocycles. The molecule has 7 heteroatoms. The van der Waals surface area contributed by atoms with Crippen molar-refractivity contribution in [1.82, 2.24) is 15.0 Å². The summed E-state index contributed by atoms with van der Waals surface area (Å²) in [5.74, 6) is -0.379. The molecule has 1 aromatic rings. The summed E-state index contributed by atoms with van der Waals surface area (Å²) in [6.45, 7) is 2.81. The molecule has 0 aliphatic heterocycles. The minimum Gasteiger partial charge on any atom is -0.298 e. The minimum absolute atomic E-state index is 0.0199. The van der Waals surface area contributed by atoms with Crippen molar-refractivity contribution in [3.05, 3.63) is 11.9 Å². The predicted molar refractivity (Wildman–Crippen MR) is 58.6 cm³/mol. The Morgan fingerprint density at radius 2 is 2.06 bits per heavy atom. The second-order valence-electron chi connectivity index (χ2n) is 4.27. The van der Waals surface area contributed by atoms with Gasteiger partial charge >= 0.3 is 0 Å². The maximum absolute atomic E-state index is 11.8. The maximum atomic E-state index is 11.8. The van der Waals surface area contributed by atoms with Crippen LogP contribution in [0.15, 0.2) is 6.20 Å². The number of carbonyl (C=O) groups excluding carboxylic acids is 1. The van der Waals surface area contributed by atoms with E-state index in [1.807, 2.05) is 0 Å². The summed E-state index contributed by atoms with van der Waals surface area (Å²) in [6, 6.07) is 0. The lowest BCUT2D eigenvalue weighted by atomic mass is 10.0. The zero-order chi connectivity index (χ0) is 12.6. The quantitative estimate of drug-likeness (QED) is 0.730. The molecule has 0 unspecified atom stereocenters. The standard InChI is InChI=1S/C9H15N3O3S/c1-9(2,16(4,14)15)8(13)5-7-6-12(3)11-10-7/h6H,5H2,1-4H3. The van der Waals surface area contributed by atoms with Crippen molar-refractivity contribution in [2.24, 2.45) is 7.05 Å². The molecule has 0 fully saturated rings. The fraction of sp³-hybridized carbons (Fsp3) is 0.667. The van der Waals surface area contributed by atoms with Crippen molar-refractivity contribution < 1.29 is 13.2 Å². The third kappa shape index (κ3) is 2.46. The van der Waals surface area contributed by atoms with Crippen LogP contribution >= 0.6 is 0 Å². The monoisotopic (exact) mass is 245 g/mol. The first-order chi connectivity index (χ1) is 7.14. The van der Waals surface area contributed by atoms with Crippen LogP contribution in [-0.2, 0) is 28.1 Å². The van der Waals surface area contributed by atoms with E-state index in [1.165, 1.54) is 18.5 Å². The summed E-state index contributed by atoms with van der Waals surface area (Å²) in [5.41, 5.74) is 0.476. The van der Waals surface area contributed by atoms with Gasteiger partial charge in [0.15, 0.2) is 15.6 Å². The van der Waals surface area contributed by atoms with E-state index in [4.69, 9.17) is 0 Å². The zero-order valence-electron chi connectivity index (χ0n) is 9.76. The SMILES string of the molecule is Cn1cc(CC(=O)C(C)(C)S(C)(=O)=O)nn1. The van der Waals surface area contributed by atoms with Crippen LogP contribution in [0.4, 0.5) is 0 Å². The van der Waals surface area contributed by atoms with Gasteiger partial charge in [0.2, 0.25) is 0 Å². The van der Waals surface area contributed by atoms with Gasteiger partial charge in [-0.1, -0.05) is 5.21 Å². The van der Waals surface area contributed by atoms with Crippen molar-refractivity contribution >= 4 is 15.6 Å². The largest absolute Gasteiger partial charge is 0.298 e. The smallest absolute Gasteiger partial charge is 0.159 e. The van der Waals surface area contributed by atoms with Gasteiger partial charge in [-0.2, -0.15) is 0 Å². The van der Waals surface area contributed by atoms with Crippen LogP contribution in [0.2, 0.25) is 0 Å². The summed E-state index contributed by atoms with van der Waals surface area (Å²) < 4.78 is 22.9. The molecule has 6 nitrogen and oxygen atoms in total. The number of ketones is 1. The van der Waals surface area contributed by atoms with Crippen molar-refractivity contribution in [2.75, 3.05) is 6.26 Å². The van der Waals surface area contributed by atoms with Crippen molar-refractivity contribution in [2.45, 2.75) is 25.0 Å². The fourth-order valence-corrected chi connectivity index (χ4v) is 1.55. The second kappa shape index (κ2) is 3.97. The number of sulfone groups is 1. The Balaban J connectivity index is 2.89. The van der Waals surface area contributed by atoms with Crippen LogP contribution in [-0.4, -0.2) is 40.2 Å². The molecule has 0 radical (unpaired) electrons. The van der Waals surface area contributed by atoms with Gasteiger partial charge in [0.25, 0.3) is 0 Å². The Morgan fingerprint density at radius 3 is 2.44 bits per heavy atom. The van der Waals surface area contributed by atoms with Gasteiger partial charge in [-0.05, 0) is 13.8 Å².